The molecule has 0 spiro atoms. The van der Waals surface area contributed by atoms with E-state index in [1.54, 1.807) is 0 Å². The number of aromatic carboxylic acids is 1. The highest BCUT2D eigenvalue weighted by atomic mass is 16.4. The number of rotatable bonds is 4. The highest BCUT2D eigenvalue weighted by Gasteiger charge is 2.19. The molecule has 1 atom stereocenters. The van der Waals surface area contributed by atoms with Crippen molar-refractivity contribution in [2.75, 3.05) is 0 Å². The third kappa shape index (κ3) is 2.74. The summed E-state index contributed by atoms with van der Waals surface area (Å²) in [7, 11) is 0. The maximum atomic E-state index is 12.0. The molecule has 20 heavy (non-hydrogen) atoms. The number of aryl methyl sites for hydroxylation is 2. The zero-order chi connectivity index (χ0) is 14.9. The number of nitrogens with one attached hydrogen (secondary N) is 1. The summed E-state index contributed by atoms with van der Waals surface area (Å²) in [6.45, 7) is 5.47. The largest absolute Gasteiger partial charge is 0.478 e. The molecule has 0 aliphatic rings. The summed E-state index contributed by atoms with van der Waals surface area (Å²) < 4.78 is 10.3. The molecule has 0 fully saturated rings. The minimum atomic E-state index is -1.14. The van der Waals surface area contributed by atoms with E-state index in [0.717, 1.165) is 23.3 Å². The van der Waals surface area contributed by atoms with Gasteiger partial charge in [0.05, 0.1) is 11.6 Å². The van der Waals surface area contributed by atoms with Crippen LogP contribution in [0.3, 0.4) is 0 Å². The Kier molecular flexibility index (Phi) is 3.65. The van der Waals surface area contributed by atoms with Crippen LogP contribution in [0, 0.1) is 13.8 Å². The van der Waals surface area contributed by atoms with Crippen LogP contribution in [0.2, 0.25) is 0 Å². The second-order valence-corrected chi connectivity index (χ2v) is 4.57. The fourth-order valence-electron chi connectivity index (χ4n) is 1.99. The van der Waals surface area contributed by atoms with Crippen LogP contribution in [0.1, 0.15) is 51.0 Å². The molecule has 0 saturated heterocycles. The molecular formula is C14H15NO5. The van der Waals surface area contributed by atoms with E-state index in [4.69, 9.17) is 13.9 Å². The topological polar surface area (TPSA) is 92.7 Å². The van der Waals surface area contributed by atoms with Crippen LogP contribution >= 0.6 is 0 Å². The molecule has 2 rings (SSSR count). The number of hydrogen-bond donors (Lipinski definition) is 2. The molecule has 0 radical (unpaired) electrons. The monoisotopic (exact) mass is 277 g/mol. The summed E-state index contributed by atoms with van der Waals surface area (Å²) in [5.41, 5.74) is 0.819. The summed E-state index contributed by atoms with van der Waals surface area (Å²) in [5.74, 6) is -0.136. The van der Waals surface area contributed by atoms with Crippen molar-refractivity contribution >= 4 is 11.9 Å². The lowest BCUT2D eigenvalue weighted by Gasteiger charge is -2.11. The molecule has 2 heterocycles. The van der Waals surface area contributed by atoms with Crippen LogP contribution < -0.4 is 5.32 Å². The first-order valence-electron chi connectivity index (χ1n) is 6.08. The quantitative estimate of drug-likeness (QED) is 0.896. The Morgan fingerprint density at radius 1 is 1.30 bits per heavy atom. The molecule has 6 heteroatoms. The van der Waals surface area contributed by atoms with Gasteiger partial charge in [0, 0.05) is 11.6 Å². The zero-order valence-electron chi connectivity index (χ0n) is 11.4. The number of carbonyl (C=O) groups is 2. The summed E-state index contributed by atoms with van der Waals surface area (Å²) >= 11 is 0. The van der Waals surface area contributed by atoms with Gasteiger partial charge in [0.2, 0.25) is 0 Å². The first-order valence-corrected chi connectivity index (χ1v) is 6.08. The molecule has 0 aromatic carbocycles. The smallest absolute Gasteiger partial charge is 0.338 e. The third-order valence-electron chi connectivity index (χ3n) is 2.96. The van der Waals surface area contributed by atoms with Crippen molar-refractivity contribution in [2.45, 2.75) is 26.8 Å². The molecule has 0 bridgehead atoms. The minimum absolute atomic E-state index is 0.0351. The van der Waals surface area contributed by atoms with Gasteiger partial charge in [-0.25, -0.2) is 4.79 Å². The van der Waals surface area contributed by atoms with E-state index in [1.165, 1.54) is 6.07 Å². The van der Waals surface area contributed by atoms with E-state index in [2.05, 4.69) is 5.32 Å². The van der Waals surface area contributed by atoms with Crippen molar-refractivity contribution in [3.8, 4) is 0 Å². The highest BCUT2D eigenvalue weighted by Crippen LogP contribution is 2.21. The average Bonchev–Trinajstić information content (AvgIpc) is 2.95. The Bertz CT molecular complexity index is 652. The van der Waals surface area contributed by atoms with Gasteiger partial charge in [-0.15, -0.1) is 0 Å². The summed E-state index contributed by atoms with van der Waals surface area (Å²) in [6, 6.07) is 2.78. The number of carboxylic acid groups (broad SMARTS) is 1. The van der Waals surface area contributed by atoms with Crippen LogP contribution in [0.15, 0.2) is 27.2 Å². The zero-order valence-corrected chi connectivity index (χ0v) is 11.4. The standard InChI is InChI=1S/C14H15NO5/c1-7-4-11(9(3)20-7)8(2)15-13(16)12-5-10(6-19-12)14(17)18/h4-6,8H,1-3H3,(H,15,16)(H,17,18). The molecule has 1 amide bonds. The van der Waals surface area contributed by atoms with E-state index < -0.39 is 11.9 Å². The second kappa shape index (κ2) is 5.24. The van der Waals surface area contributed by atoms with Gasteiger partial charge in [-0.2, -0.15) is 0 Å². The Balaban J connectivity index is 2.10. The van der Waals surface area contributed by atoms with Gasteiger partial charge >= 0.3 is 5.97 Å². The van der Waals surface area contributed by atoms with Crippen LogP contribution in [0.5, 0.6) is 0 Å². The molecule has 0 aliphatic carbocycles. The van der Waals surface area contributed by atoms with Crippen molar-refractivity contribution < 1.29 is 23.5 Å². The maximum Gasteiger partial charge on any atom is 0.338 e. The number of hydrogen-bond acceptors (Lipinski definition) is 4. The van der Waals surface area contributed by atoms with Gasteiger partial charge in [-0.1, -0.05) is 0 Å². The van der Waals surface area contributed by atoms with Crippen LogP contribution in [-0.4, -0.2) is 17.0 Å². The van der Waals surface area contributed by atoms with E-state index in [1.807, 2.05) is 26.8 Å². The predicted octanol–water partition coefficient (Wildman–Crippen LogP) is 2.68. The van der Waals surface area contributed by atoms with Gasteiger partial charge in [-0.3, -0.25) is 4.79 Å². The summed E-state index contributed by atoms with van der Waals surface area (Å²) in [4.78, 5) is 22.7. The van der Waals surface area contributed by atoms with Crippen molar-refractivity contribution in [3.05, 3.63) is 46.8 Å². The van der Waals surface area contributed by atoms with E-state index in [-0.39, 0.29) is 17.4 Å². The molecule has 2 aromatic rings. The SMILES string of the molecule is Cc1cc(C(C)NC(=O)c2cc(C(=O)O)co2)c(C)o1. The molecule has 2 N–H and O–H groups in total. The molecule has 106 valence electrons. The lowest BCUT2D eigenvalue weighted by atomic mass is 10.1. The van der Waals surface area contributed by atoms with Gasteiger partial charge < -0.3 is 19.3 Å². The summed E-state index contributed by atoms with van der Waals surface area (Å²) in [5, 5.41) is 11.5. The van der Waals surface area contributed by atoms with Gasteiger partial charge in [0.1, 0.15) is 17.8 Å². The second-order valence-electron chi connectivity index (χ2n) is 4.57. The third-order valence-corrected chi connectivity index (χ3v) is 2.96. The first-order chi connectivity index (χ1) is 9.38. The number of carboxylic acids is 1. The van der Waals surface area contributed by atoms with Crippen LogP contribution in [-0.2, 0) is 0 Å². The normalized spacial score (nSPS) is 12.2. The average molecular weight is 277 g/mol. The lowest BCUT2D eigenvalue weighted by Crippen LogP contribution is -2.26. The van der Waals surface area contributed by atoms with Crippen molar-refractivity contribution in [1.82, 2.24) is 5.32 Å². The van der Waals surface area contributed by atoms with Gasteiger partial charge in [0.25, 0.3) is 5.91 Å². The van der Waals surface area contributed by atoms with Crippen LogP contribution in [0.25, 0.3) is 0 Å². The molecule has 0 aliphatic heterocycles. The van der Waals surface area contributed by atoms with Crippen LogP contribution in [0.4, 0.5) is 0 Å². The highest BCUT2D eigenvalue weighted by molar-refractivity contribution is 5.95. The van der Waals surface area contributed by atoms with Crippen molar-refractivity contribution in [2.24, 2.45) is 0 Å². The lowest BCUT2D eigenvalue weighted by molar-refractivity contribution is 0.0695. The maximum absolute atomic E-state index is 12.0. The Labute approximate surface area is 115 Å². The number of amides is 1. The van der Waals surface area contributed by atoms with Crippen molar-refractivity contribution in [1.29, 1.82) is 0 Å². The van der Waals surface area contributed by atoms with Gasteiger partial charge in [0.15, 0.2) is 5.76 Å². The summed E-state index contributed by atoms with van der Waals surface area (Å²) in [6.07, 6.45) is 1.04. The van der Waals surface area contributed by atoms with E-state index >= 15 is 0 Å². The fourth-order valence-corrected chi connectivity index (χ4v) is 1.99. The predicted molar refractivity (Wildman–Crippen MR) is 69.7 cm³/mol. The minimum Gasteiger partial charge on any atom is -0.478 e. The number of furan rings is 2. The fraction of sp³-hybridized carbons (Fsp3) is 0.286. The molecule has 1 unspecified atom stereocenters. The first kappa shape index (κ1) is 13.9. The molecule has 0 saturated carbocycles. The van der Waals surface area contributed by atoms with E-state index in [9.17, 15) is 9.59 Å². The van der Waals surface area contributed by atoms with Crippen molar-refractivity contribution in [3.63, 3.8) is 0 Å². The Morgan fingerprint density at radius 2 is 2.00 bits per heavy atom. The van der Waals surface area contributed by atoms with E-state index in [0.29, 0.717) is 0 Å². The molecule has 2 aromatic heterocycles. The molecular weight excluding hydrogens is 262 g/mol. The Hall–Kier alpha value is -2.50. The van der Waals surface area contributed by atoms with Gasteiger partial charge in [-0.05, 0) is 26.8 Å². The Morgan fingerprint density at radius 3 is 2.50 bits per heavy atom. The number of carbonyl (C=O) groups excluding carboxylic acids is 1. The molecule has 6 nitrogen and oxygen atoms in total.